The van der Waals surface area contributed by atoms with Gasteiger partial charge in [-0.15, -0.1) is 11.3 Å². The monoisotopic (exact) mass is 299 g/mol. The Morgan fingerprint density at radius 2 is 1.90 bits per heavy atom. The van der Waals surface area contributed by atoms with Crippen molar-refractivity contribution in [2.24, 2.45) is 0 Å². The summed E-state index contributed by atoms with van der Waals surface area (Å²) in [5.74, 6) is 0. The van der Waals surface area contributed by atoms with Crippen LogP contribution in [-0.4, -0.2) is 39.6 Å². The van der Waals surface area contributed by atoms with E-state index in [9.17, 15) is 0 Å². The molecule has 1 aliphatic rings. The molecule has 1 aromatic rings. The van der Waals surface area contributed by atoms with Crippen molar-refractivity contribution >= 4 is 11.3 Å². The van der Waals surface area contributed by atoms with Gasteiger partial charge in [-0.1, -0.05) is 0 Å². The molecule has 1 saturated carbocycles. The molecule has 5 heteroatoms. The van der Waals surface area contributed by atoms with Gasteiger partial charge in [0.25, 0.3) is 0 Å². The number of methoxy groups -OCH3 is 1. The summed E-state index contributed by atoms with van der Waals surface area (Å²) >= 11 is 1.84. The highest BCUT2D eigenvalue weighted by molar-refractivity contribution is 7.11. The Hall–Kier alpha value is -0.460. The summed E-state index contributed by atoms with van der Waals surface area (Å²) in [6, 6.07) is 5.14. The van der Waals surface area contributed by atoms with Crippen molar-refractivity contribution < 1.29 is 14.2 Å². The minimum Gasteiger partial charge on any atom is -0.382 e. The predicted molar refractivity (Wildman–Crippen MR) is 81.1 cm³/mol. The van der Waals surface area contributed by atoms with Crippen molar-refractivity contribution in [3.05, 3.63) is 21.9 Å². The second kappa shape index (κ2) is 9.47. The highest BCUT2D eigenvalue weighted by atomic mass is 32.1. The third-order valence-electron chi connectivity index (χ3n) is 3.11. The third kappa shape index (κ3) is 6.81. The highest BCUT2D eigenvalue weighted by Gasteiger charge is 2.20. The van der Waals surface area contributed by atoms with Crippen LogP contribution in [0.2, 0.25) is 0 Å². The molecule has 0 aliphatic heterocycles. The molecule has 1 fully saturated rings. The molecule has 0 saturated heterocycles. The van der Waals surface area contributed by atoms with Gasteiger partial charge in [0.2, 0.25) is 0 Å². The Balaban J connectivity index is 1.46. The van der Waals surface area contributed by atoms with Crippen molar-refractivity contribution in [1.29, 1.82) is 0 Å². The number of ether oxygens (including phenoxy) is 3. The lowest BCUT2D eigenvalue weighted by Gasteiger charge is -2.04. The lowest BCUT2D eigenvalue weighted by atomic mass is 10.4. The minimum absolute atomic E-state index is 0.660. The van der Waals surface area contributed by atoms with Crippen LogP contribution < -0.4 is 5.32 Å². The summed E-state index contributed by atoms with van der Waals surface area (Å²) in [5.41, 5.74) is 0. The van der Waals surface area contributed by atoms with Crippen LogP contribution in [0.1, 0.15) is 29.0 Å². The highest BCUT2D eigenvalue weighted by Crippen LogP contribution is 2.22. The Bertz CT molecular complexity index is 366. The van der Waals surface area contributed by atoms with Gasteiger partial charge in [0.1, 0.15) is 0 Å². The fraction of sp³-hybridized carbons (Fsp3) is 0.733. The summed E-state index contributed by atoms with van der Waals surface area (Å²) in [7, 11) is 1.68. The molecule has 2 rings (SSSR count). The fourth-order valence-electron chi connectivity index (χ4n) is 1.81. The standard InChI is InChI=1S/C15H25NO3S/c1-17-9-10-18-7-2-8-19-12-15-6-5-14(20-15)11-16-13-3-4-13/h5-6,13,16H,2-4,7-12H2,1H3. The Morgan fingerprint density at radius 3 is 2.70 bits per heavy atom. The van der Waals surface area contributed by atoms with Gasteiger partial charge in [0.15, 0.2) is 0 Å². The first kappa shape index (κ1) is 15.9. The van der Waals surface area contributed by atoms with E-state index < -0.39 is 0 Å². The van der Waals surface area contributed by atoms with Crippen LogP contribution in [0.25, 0.3) is 0 Å². The molecule has 1 heterocycles. The molecule has 1 aromatic heterocycles. The topological polar surface area (TPSA) is 39.7 Å². The Kier molecular flexibility index (Phi) is 7.54. The summed E-state index contributed by atoms with van der Waals surface area (Å²) < 4.78 is 15.9. The van der Waals surface area contributed by atoms with Crippen molar-refractivity contribution in [2.75, 3.05) is 33.5 Å². The maximum absolute atomic E-state index is 5.66. The van der Waals surface area contributed by atoms with Gasteiger partial charge in [-0.05, 0) is 31.4 Å². The van der Waals surface area contributed by atoms with E-state index in [1.165, 1.54) is 22.6 Å². The molecule has 114 valence electrons. The summed E-state index contributed by atoms with van der Waals surface area (Å²) in [6.45, 7) is 4.53. The lowest BCUT2D eigenvalue weighted by molar-refractivity contribution is 0.0488. The van der Waals surface area contributed by atoms with Gasteiger partial charge in [-0.25, -0.2) is 0 Å². The number of rotatable bonds is 12. The van der Waals surface area contributed by atoms with E-state index in [2.05, 4.69) is 17.4 Å². The first-order chi connectivity index (χ1) is 9.88. The summed E-state index contributed by atoms with van der Waals surface area (Å²) in [5, 5.41) is 3.53. The van der Waals surface area contributed by atoms with Gasteiger partial charge in [0.05, 0.1) is 19.8 Å². The van der Waals surface area contributed by atoms with Crippen molar-refractivity contribution in [2.45, 2.75) is 38.5 Å². The molecule has 0 spiro atoms. The minimum atomic E-state index is 0.660. The fourth-order valence-corrected chi connectivity index (χ4v) is 2.71. The number of thiophene rings is 1. The largest absolute Gasteiger partial charge is 0.382 e. The number of hydrogen-bond donors (Lipinski definition) is 1. The zero-order valence-electron chi connectivity index (χ0n) is 12.2. The van der Waals surface area contributed by atoms with E-state index in [4.69, 9.17) is 14.2 Å². The average molecular weight is 299 g/mol. The zero-order chi connectivity index (χ0) is 14.0. The van der Waals surface area contributed by atoms with Gasteiger partial charge < -0.3 is 19.5 Å². The second-order valence-corrected chi connectivity index (χ2v) is 6.29. The van der Waals surface area contributed by atoms with Crippen LogP contribution >= 0.6 is 11.3 Å². The van der Waals surface area contributed by atoms with Crippen LogP contribution in [0.4, 0.5) is 0 Å². The SMILES string of the molecule is COCCOCCCOCc1ccc(CNC2CC2)s1. The van der Waals surface area contributed by atoms with Crippen molar-refractivity contribution in [3.8, 4) is 0 Å². The normalized spacial score (nSPS) is 14.8. The average Bonchev–Trinajstić information content (AvgIpc) is 3.18. The second-order valence-electron chi connectivity index (χ2n) is 5.03. The quantitative estimate of drug-likeness (QED) is 0.602. The van der Waals surface area contributed by atoms with Gasteiger partial charge in [-0.2, -0.15) is 0 Å². The maximum Gasteiger partial charge on any atom is 0.0809 e. The summed E-state index contributed by atoms with van der Waals surface area (Å²) in [4.78, 5) is 2.70. The molecular weight excluding hydrogens is 274 g/mol. The molecular formula is C15H25NO3S. The van der Waals surface area contributed by atoms with Crippen LogP contribution in [0.15, 0.2) is 12.1 Å². The molecule has 0 amide bonds. The molecule has 0 atom stereocenters. The molecule has 20 heavy (non-hydrogen) atoms. The van der Waals surface area contributed by atoms with E-state index in [1.807, 2.05) is 11.3 Å². The maximum atomic E-state index is 5.66. The van der Waals surface area contributed by atoms with Gasteiger partial charge in [-0.3, -0.25) is 0 Å². The van der Waals surface area contributed by atoms with Crippen LogP contribution in [-0.2, 0) is 27.4 Å². The predicted octanol–water partition coefficient (Wildman–Crippen LogP) is 2.57. The molecule has 0 radical (unpaired) electrons. The number of nitrogens with one attached hydrogen (secondary N) is 1. The van der Waals surface area contributed by atoms with E-state index >= 15 is 0 Å². The first-order valence-corrected chi connectivity index (χ1v) is 8.15. The van der Waals surface area contributed by atoms with Gasteiger partial charge in [0, 0.05) is 42.7 Å². The van der Waals surface area contributed by atoms with Crippen LogP contribution in [0.3, 0.4) is 0 Å². The lowest BCUT2D eigenvalue weighted by Crippen LogP contribution is -2.14. The van der Waals surface area contributed by atoms with E-state index in [0.717, 1.165) is 32.2 Å². The van der Waals surface area contributed by atoms with E-state index in [-0.39, 0.29) is 0 Å². The Morgan fingerprint density at radius 1 is 1.10 bits per heavy atom. The van der Waals surface area contributed by atoms with Crippen molar-refractivity contribution in [1.82, 2.24) is 5.32 Å². The zero-order valence-corrected chi connectivity index (χ0v) is 13.0. The third-order valence-corrected chi connectivity index (χ3v) is 4.17. The molecule has 0 bridgehead atoms. The van der Waals surface area contributed by atoms with Crippen LogP contribution in [0, 0.1) is 0 Å². The van der Waals surface area contributed by atoms with Crippen LogP contribution in [0.5, 0.6) is 0 Å². The molecule has 4 nitrogen and oxygen atoms in total. The van der Waals surface area contributed by atoms with E-state index in [0.29, 0.717) is 19.8 Å². The molecule has 1 N–H and O–H groups in total. The number of hydrogen-bond acceptors (Lipinski definition) is 5. The summed E-state index contributed by atoms with van der Waals surface area (Å²) in [6.07, 6.45) is 3.62. The molecule has 1 aliphatic carbocycles. The van der Waals surface area contributed by atoms with Gasteiger partial charge >= 0.3 is 0 Å². The van der Waals surface area contributed by atoms with E-state index in [1.54, 1.807) is 7.11 Å². The molecule has 0 unspecified atom stereocenters. The first-order valence-electron chi connectivity index (χ1n) is 7.34. The molecule has 0 aromatic carbocycles. The Labute approximate surface area is 125 Å². The smallest absolute Gasteiger partial charge is 0.0809 e. The van der Waals surface area contributed by atoms with Crippen molar-refractivity contribution in [3.63, 3.8) is 0 Å².